The van der Waals surface area contributed by atoms with Crippen LogP contribution in [0.15, 0.2) is 79.3 Å². The number of pyridine rings is 2. The number of ketones is 1. The predicted octanol–water partition coefficient (Wildman–Crippen LogP) is 3.51. The second-order valence-electron chi connectivity index (χ2n) is 6.50. The molecule has 4 rings (SSSR count). The Balaban J connectivity index is 1.69. The summed E-state index contributed by atoms with van der Waals surface area (Å²) in [4.78, 5) is 29.7. The van der Waals surface area contributed by atoms with Gasteiger partial charge in [-0.25, -0.2) is 0 Å². The molecule has 29 heavy (non-hydrogen) atoms. The molecule has 0 saturated carbocycles. The maximum absolute atomic E-state index is 13.1. The van der Waals surface area contributed by atoms with E-state index in [1.54, 1.807) is 36.2 Å². The molecule has 1 aromatic carbocycles. The highest BCUT2D eigenvalue weighted by atomic mass is 16.5. The minimum absolute atomic E-state index is 0.236. The average molecular weight is 385 g/mol. The van der Waals surface area contributed by atoms with E-state index < -0.39 is 11.7 Å². The van der Waals surface area contributed by atoms with E-state index in [-0.39, 0.29) is 6.54 Å². The van der Waals surface area contributed by atoms with E-state index in [1.807, 2.05) is 54.6 Å². The van der Waals surface area contributed by atoms with Crippen molar-refractivity contribution in [3.05, 3.63) is 90.5 Å². The predicted molar refractivity (Wildman–Crippen MR) is 110 cm³/mol. The molecule has 0 saturated heterocycles. The van der Waals surface area contributed by atoms with Crippen LogP contribution in [0, 0.1) is 0 Å². The molecule has 0 aliphatic carbocycles. The summed E-state index contributed by atoms with van der Waals surface area (Å²) in [7, 11) is 1.60. The van der Waals surface area contributed by atoms with Crippen molar-refractivity contribution < 1.29 is 14.3 Å². The zero-order valence-corrected chi connectivity index (χ0v) is 15.8. The van der Waals surface area contributed by atoms with E-state index in [9.17, 15) is 9.59 Å². The summed E-state index contributed by atoms with van der Waals surface area (Å²) in [5, 5.41) is 2.69. The van der Waals surface area contributed by atoms with Gasteiger partial charge in [-0.1, -0.05) is 24.3 Å². The number of nitrogens with zero attached hydrogens (tertiary/aromatic N) is 2. The Morgan fingerprint density at radius 2 is 1.90 bits per heavy atom. The number of aromatic nitrogens is 2. The fourth-order valence-corrected chi connectivity index (χ4v) is 3.22. The lowest BCUT2D eigenvalue weighted by Gasteiger charge is -2.08. The van der Waals surface area contributed by atoms with Gasteiger partial charge in [0.25, 0.3) is 11.7 Å². The number of Topliss-reactive ketones (excluding diaryl/α,β-unsaturated/α-hetero) is 1. The van der Waals surface area contributed by atoms with Gasteiger partial charge in [0.15, 0.2) is 0 Å². The van der Waals surface area contributed by atoms with Gasteiger partial charge in [0.1, 0.15) is 11.4 Å². The molecular weight excluding hydrogens is 366 g/mol. The summed E-state index contributed by atoms with van der Waals surface area (Å²) in [6, 6.07) is 18.6. The number of benzene rings is 1. The second-order valence-corrected chi connectivity index (χ2v) is 6.50. The van der Waals surface area contributed by atoms with Crippen LogP contribution in [0.5, 0.6) is 5.75 Å². The van der Waals surface area contributed by atoms with Gasteiger partial charge in [0.2, 0.25) is 0 Å². The van der Waals surface area contributed by atoms with Crippen LogP contribution in [0.1, 0.15) is 16.1 Å². The van der Waals surface area contributed by atoms with Crippen molar-refractivity contribution in [3.63, 3.8) is 0 Å². The Morgan fingerprint density at radius 1 is 1.07 bits per heavy atom. The number of methoxy groups -OCH3 is 1. The van der Waals surface area contributed by atoms with Gasteiger partial charge in [-0.05, 0) is 47.5 Å². The first-order chi connectivity index (χ1) is 14.2. The number of hydrogen-bond donors (Lipinski definition) is 1. The van der Waals surface area contributed by atoms with Gasteiger partial charge < -0.3 is 14.5 Å². The molecule has 0 unspecified atom stereocenters. The quantitative estimate of drug-likeness (QED) is 0.407. The standard InChI is InChI=1S/C23H19N3O3/c1-29-19-9-7-17(8-10-19)20-13-18-6-2-3-12-26(18)21(20)22(27)23(28)25-15-16-5-4-11-24-14-16/h2-14H,15H2,1H3,(H,25,28). The topological polar surface area (TPSA) is 72.7 Å². The minimum atomic E-state index is -0.660. The molecular formula is C23H19N3O3. The third kappa shape index (κ3) is 3.73. The maximum Gasteiger partial charge on any atom is 0.294 e. The van der Waals surface area contributed by atoms with E-state index in [0.717, 1.165) is 22.4 Å². The van der Waals surface area contributed by atoms with Crippen LogP contribution in [0.3, 0.4) is 0 Å². The Morgan fingerprint density at radius 3 is 2.62 bits per heavy atom. The fourth-order valence-electron chi connectivity index (χ4n) is 3.22. The molecule has 0 aliphatic heterocycles. The summed E-state index contributed by atoms with van der Waals surface area (Å²) >= 11 is 0. The Bertz CT molecular complexity index is 1170. The molecule has 144 valence electrons. The first-order valence-corrected chi connectivity index (χ1v) is 9.13. The summed E-state index contributed by atoms with van der Waals surface area (Å²) < 4.78 is 6.95. The zero-order chi connectivity index (χ0) is 20.2. The third-order valence-electron chi connectivity index (χ3n) is 4.68. The van der Waals surface area contributed by atoms with Crippen molar-refractivity contribution in [1.29, 1.82) is 0 Å². The number of carbonyl (C=O) groups excluding carboxylic acids is 2. The lowest BCUT2D eigenvalue weighted by atomic mass is 10.0. The highest BCUT2D eigenvalue weighted by molar-refractivity contribution is 6.43. The lowest BCUT2D eigenvalue weighted by Crippen LogP contribution is -2.31. The summed E-state index contributed by atoms with van der Waals surface area (Å²) in [5.41, 5.74) is 3.51. The highest BCUT2D eigenvalue weighted by Gasteiger charge is 2.24. The molecule has 1 N–H and O–H groups in total. The Labute approximate surface area is 167 Å². The van der Waals surface area contributed by atoms with Crippen LogP contribution >= 0.6 is 0 Å². The van der Waals surface area contributed by atoms with Gasteiger partial charge in [-0.15, -0.1) is 0 Å². The van der Waals surface area contributed by atoms with Crippen molar-refractivity contribution in [2.75, 3.05) is 7.11 Å². The van der Waals surface area contributed by atoms with E-state index >= 15 is 0 Å². The third-order valence-corrected chi connectivity index (χ3v) is 4.68. The van der Waals surface area contributed by atoms with E-state index in [2.05, 4.69) is 10.3 Å². The van der Waals surface area contributed by atoms with Crippen LogP contribution in [0.25, 0.3) is 16.6 Å². The number of fused-ring (bicyclic) bond motifs is 1. The van der Waals surface area contributed by atoms with Crippen molar-refractivity contribution >= 4 is 17.2 Å². The number of ether oxygens (including phenoxy) is 1. The summed E-state index contributed by atoms with van der Waals surface area (Å²) in [6.45, 7) is 0.236. The van der Waals surface area contributed by atoms with Gasteiger partial charge in [0.05, 0.1) is 7.11 Å². The minimum Gasteiger partial charge on any atom is -0.497 e. The summed E-state index contributed by atoms with van der Waals surface area (Å²) in [5.74, 6) is -0.530. The smallest absolute Gasteiger partial charge is 0.294 e. The van der Waals surface area contributed by atoms with Crippen LogP contribution in [-0.2, 0) is 11.3 Å². The first kappa shape index (κ1) is 18.4. The number of amides is 1. The van der Waals surface area contributed by atoms with Gasteiger partial charge in [-0.3, -0.25) is 14.6 Å². The van der Waals surface area contributed by atoms with E-state index in [4.69, 9.17) is 4.74 Å². The largest absolute Gasteiger partial charge is 0.497 e. The first-order valence-electron chi connectivity index (χ1n) is 9.13. The molecule has 4 aromatic rings. The lowest BCUT2D eigenvalue weighted by molar-refractivity contribution is -0.117. The van der Waals surface area contributed by atoms with Gasteiger partial charge in [-0.2, -0.15) is 0 Å². The second kappa shape index (κ2) is 7.98. The van der Waals surface area contributed by atoms with Crippen molar-refractivity contribution in [1.82, 2.24) is 14.7 Å². The number of hydrogen-bond acceptors (Lipinski definition) is 4. The number of rotatable bonds is 6. The monoisotopic (exact) mass is 385 g/mol. The van der Waals surface area contributed by atoms with Crippen molar-refractivity contribution in [2.24, 2.45) is 0 Å². The zero-order valence-electron chi connectivity index (χ0n) is 15.8. The SMILES string of the molecule is COc1ccc(-c2cc3ccccn3c2C(=O)C(=O)NCc2cccnc2)cc1. The normalized spacial score (nSPS) is 10.7. The van der Waals surface area contributed by atoms with Crippen molar-refractivity contribution in [2.45, 2.75) is 6.54 Å². The van der Waals surface area contributed by atoms with Crippen LogP contribution in [0.4, 0.5) is 0 Å². The molecule has 0 radical (unpaired) electrons. The Hall–Kier alpha value is -3.93. The maximum atomic E-state index is 13.1. The molecule has 6 nitrogen and oxygen atoms in total. The highest BCUT2D eigenvalue weighted by Crippen LogP contribution is 2.29. The van der Waals surface area contributed by atoms with Gasteiger partial charge >= 0.3 is 0 Å². The molecule has 0 atom stereocenters. The molecule has 1 amide bonds. The summed E-state index contributed by atoms with van der Waals surface area (Å²) in [6.07, 6.45) is 5.09. The molecule has 0 spiro atoms. The molecule has 0 bridgehead atoms. The number of carbonyl (C=O) groups is 2. The molecule has 3 aromatic heterocycles. The molecule has 0 aliphatic rings. The number of nitrogens with one attached hydrogen (secondary N) is 1. The van der Waals surface area contributed by atoms with Crippen molar-refractivity contribution in [3.8, 4) is 16.9 Å². The molecule has 0 fully saturated rings. The van der Waals surface area contributed by atoms with Gasteiger partial charge in [0, 0.05) is 36.2 Å². The average Bonchev–Trinajstić information content (AvgIpc) is 3.17. The van der Waals surface area contributed by atoms with E-state index in [1.165, 1.54) is 0 Å². The molecule has 6 heteroatoms. The molecule has 3 heterocycles. The van der Waals surface area contributed by atoms with E-state index in [0.29, 0.717) is 11.3 Å². The van der Waals surface area contributed by atoms with Crippen LogP contribution in [0.2, 0.25) is 0 Å². The fraction of sp³-hybridized carbons (Fsp3) is 0.0870. The Kier molecular flexibility index (Phi) is 5.07. The van der Waals surface area contributed by atoms with Crippen LogP contribution < -0.4 is 10.1 Å². The van der Waals surface area contributed by atoms with Crippen LogP contribution in [-0.4, -0.2) is 28.2 Å².